The number of hydrogen-bond acceptors (Lipinski definition) is 5. The Morgan fingerprint density at radius 2 is 1.88 bits per heavy atom. The van der Waals surface area contributed by atoms with E-state index < -0.39 is 10.0 Å². The Labute approximate surface area is 150 Å². The van der Waals surface area contributed by atoms with Gasteiger partial charge in [-0.25, -0.2) is 8.42 Å². The Morgan fingerprint density at radius 1 is 1.15 bits per heavy atom. The van der Waals surface area contributed by atoms with E-state index in [1.165, 1.54) is 18.2 Å². The molecule has 0 saturated carbocycles. The summed E-state index contributed by atoms with van der Waals surface area (Å²) in [5.74, 6) is 1.07. The van der Waals surface area contributed by atoms with Crippen LogP contribution in [0.15, 0.2) is 64.0 Å². The highest BCUT2D eigenvalue weighted by molar-refractivity contribution is 7.92. The number of aryl methyl sites for hydroxylation is 1. The second-order valence-electron chi connectivity index (χ2n) is 6.01. The molecule has 2 heterocycles. The second kappa shape index (κ2) is 5.99. The third kappa shape index (κ3) is 2.84. The van der Waals surface area contributed by atoms with Crippen LogP contribution in [0, 0.1) is 12.3 Å². The van der Waals surface area contributed by atoms with Crippen molar-refractivity contribution in [1.29, 1.82) is 5.41 Å². The number of nitrogens with zero attached hydrogens (tertiary/aromatic N) is 2. The fourth-order valence-corrected chi connectivity index (χ4v) is 3.90. The number of hydrogen-bond donors (Lipinski definition) is 2. The molecule has 7 nitrogen and oxygen atoms in total. The Morgan fingerprint density at radius 3 is 2.54 bits per heavy atom. The molecule has 0 saturated heterocycles. The van der Waals surface area contributed by atoms with Crippen molar-refractivity contribution in [2.24, 2.45) is 0 Å². The van der Waals surface area contributed by atoms with E-state index in [2.05, 4.69) is 9.88 Å². The van der Waals surface area contributed by atoms with Gasteiger partial charge < -0.3 is 9.42 Å². The molecule has 1 aromatic heterocycles. The molecule has 0 fully saturated rings. The first-order chi connectivity index (χ1) is 12.4. The largest absolute Gasteiger partial charge is 0.360 e. The van der Waals surface area contributed by atoms with E-state index in [1.807, 2.05) is 29.2 Å². The third-order valence-corrected chi connectivity index (χ3v) is 5.57. The molecule has 2 N–H and O–H groups in total. The number of rotatable bonds is 4. The molecule has 0 amide bonds. The van der Waals surface area contributed by atoms with Crippen LogP contribution >= 0.6 is 0 Å². The van der Waals surface area contributed by atoms with E-state index in [0.29, 0.717) is 18.1 Å². The molecule has 0 atom stereocenters. The van der Waals surface area contributed by atoms with Crippen molar-refractivity contribution in [2.45, 2.75) is 18.4 Å². The smallest absolute Gasteiger partial charge is 0.263 e. The standard InChI is InChI=1S/C18H16N4O3S/c1-12-10-17(20-25-12)21-26(23,24)15-8-6-14(7-9-15)22-11-13-4-2-3-5-16(13)18(22)19/h2-10,19H,11H2,1H3,(H,20,21). The quantitative estimate of drug-likeness (QED) is 0.737. The number of benzene rings is 2. The molecule has 2 aromatic carbocycles. The number of sulfonamides is 1. The fraction of sp³-hybridized carbons (Fsp3) is 0.111. The Bertz CT molecular complexity index is 1090. The van der Waals surface area contributed by atoms with Crippen LogP contribution in [0.2, 0.25) is 0 Å². The third-order valence-electron chi connectivity index (χ3n) is 4.20. The van der Waals surface area contributed by atoms with Gasteiger partial charge >= 0.3 is 0 Å². The molecule has 0 aliphatic carbocycles. The van der Waals surface area contributed by atoms with Crippen LogP contribution in [0.25, 0.3) is 0 Å². The summed E-state index contributed by atoms with van der Waals surface area (Å²) in [5, 5.41) is 12.0. The van der Waals surface area contributed by atoms with E-state index >= 15 is 0 Å². The van der Waals surface area contributed by atoms with Crippen molar-refractivity contribution in [2.75, 3.05) is 9.62 Å². The van der Waals surface area contributed by atoms with Crippen molar-refractivity contribution in [1.82, 2.24) is 5.16 Å². The van der Waals surface area contributed by atoms with Crippen LogP contribution in [-0.2, 0) is 16.6 Å². The molecular weight excluding hydrogens is 352 g/mol. The lowest BCUT2D eigenvalue weighted by Crippen LogP contribution is -2.23. The minimum atomic E-state index is -3.75. The van der Waals surface area contributed by atoms with Crippen molar-refractivity contribution in [3.05, 3.63) is 71.5 Å². The summed E-state index contributed by atoms with van der Waals surface area (Å²) in [6.07, 6.45) is 0. The van der Waals surface area contributed by atoms with Gasteiger partial charge in [-0.05, 0) is 36.8 Å². The molecule has 0 bridgehead atoms. The zero-order valence-electron chi connectivity index (χ0n) is 13.9. The monoisotopic (exact) mass is 368 g/mol. The number of amidine groups is 1. The number of nitrogens with one attached hydrogen (secondary N) is 2. The molecule has 1 aliphatic heterocycles. The Balaban J connectivity index is 1.57. The van der Waals surface area contributed by atoms with Crippen molar-refractivity contribution < 1.29 is 12.9 Å². The summed E-state index contributed by atoms with van der Waals surface area (Å²) in [6.45, 7) is 2.28. The lowest BCUT2D eigenvalue weighted by atomic mass is 10.1. The topological polar surface area (TPSA) is 99.3 Å². The van der Waals surface area contributed by atoms with Gasteiger partial charge in [0.05, 0.1) is 11.4 Å². The van der Waals surface area contributed by atoms with Crippen LogP contribution in [0.5, 0.6) is 0 Å². The number of aromatic nitrogens is 1. The van der Waals surface area contributed by atoms with Crippen molar-refractivity contribution >= 4 is 27.4 Å². The predicted octanol–water partition coefficient (Wildman–Crippen LogP) is 3.13. The zero-order chi connectivity index (χ0) is 18.3. The highest BCUT2D eigenvalue weighted by Gasteiger charge is 2.25. The van der Waals surface area contributed by atoms with Gasteiger partial charge in [0.2, 0.25) is 0 Å². The highest BCUT2D eigenvalue weighted by Crippen LogP contribution is 2.29. The maximum atomic E-state index is 12.4. The normalized spacial score (nSPS) is 13.7. The molecule has 0 unspecified atom stereocenters. The highest BCUT2D eigenvalue weighted by atomic mass is 32.2. The van der Waals surface area contributed by atoms with Crippen LogP contribution in [-0.4, -0.2) is 19.4 Å². The molecule has 8 heteroatoms. The first-order valence-electron chi connectivity index (χ1n) is 7.94. The van der Waals surface area contributed by atoms with Crippen molar-refractivity contribution in [3.63, 3.8) is 0 Å². The first kappa shape index (κ1) is 16.3. The Kier molecular flexibility index (Phi) is 3.77. The SMILES string of the molecule is Cc1cc(NS(=O)(=O)c2ccc(N3Cc4ccccc4C3=N)cc2)no1. The summed E-state index contributed by atoms with van der Waals surface area (Å²) < 4.78 is 32.1. The molecule has 1 aliphatic rings. The minimum absolute atomic E-state index is 0.116. The van der Waals surface area contributed by atoms with Crippen LogP contribution in [0.3, 0.4) is 0 Å². The van der Waals surface area contributed by atoms with E-state index in [4.69, 9.17) is 9.93 Å². The molecule has 0 radical (unpaired) electrons. The van der Waals surface area contributed by atoms with E-state index in [1.54, 1.807) is 19.1 Å². The minimum Gasteiger partial charge on any atom is -0.360 e. The summed E-state index contributed by atoms with van der Waals surface area (Å²) in [6, 6.07) is 15.7. The molecule has 26 heavy (non-hydrogen) atoms. The molecule has 0 spiro atoms. The summed E-state index contributed by atoms with van der Waals surface area (Å²) in [5.41, 5.74) is 2.74. The predicted molar refractivity (Wildman–Crippen MR) is 97.9 cm³/mol. The van der Waals surface area contributed by atoms with Gasteiger partial charge in [0, 0.05) is 17.3 Å². The maximum Gasteiger partial charge on any atom is 0.263 e. The van der Waals surface area contributed by atoms with E-state index in [0.717, 1.165) is 16.8 Å². The van der Waals surface area contributed by atoms with Crippen molar-refractivity contribution in [3.8, 4) is 0 Å². The van der Waals surface area contributed by atoms with Gasteiger partial charge in [-0.1, -0.05) is 29.4 Å². The van der Waals surface area contributed by atoms with Crippen LogP contribution in [0.4, 0.5) is 11.5 Å². The maximum absolute atomic E-state index is 12.4. The average Bonchev–Trinajstić information content (AvgIpc) is 3.18. The van der Waals surface area contributed by atoms with Gasteiger partial charge in [0.25, 0.3) is 10.0 Å². The lowest BCUT2D eigenvalue weighted by Gasteiger charge is -2.18. The van der Waals surface area contributed by atoms with Gasteiger partial charge in [0.1, 0.15) is 11.6 Å². The zero-order valence-corrected chi connectivity index (χ0v) is 14.7. The van der Waals surface area contributed by atoms with E-state index in [-0.39, 0.29) is 10.7 Å². The lowest BCUT2D eigenvalue weighted by molar-refractivity contribution is 0.400. The van der Waals surface area contributed by atoms with Gasteiger partial charge in [-0.3, -0.25) is 10.1 Å². The van der Waals surface area contributed by atoms with Crippen LogP contribution in [0.1, 0.15) is 16.9 Å². The second-order valence-corrected chi connectivity index (χ2v) is 7.70. The number of anilines is 2. The summed E-state index contributed by atoms with van der Waals surface area (Å²) >= 11 is 0. The number of fused-ring (bicyclic) bond motifs is 1. The Hall–Kier alpha value is -3.13. The van der Waals surface area contributed by atoms with E-state index in [9.17, 15) is 8.42 Å². The molecule has 3 aromatic rings. The fourth-order valence-electron chi connectivity index (χ4n) is 2.92. The van der Waals surface area contributed by atoms with Gasteiger partial charge in [0.15, 0.2) is 5.82 Å². The molecular formula is C18H16N4O3S. The van der Waals surface area contributed by atoms with Crippen LogP contribution < -0.4 is 9.62 Å². The molecule has 132 valence electrons. The summed E-state index contributed by atoms with van der Waals surface area (Å²) in [4.78, 5) is 1.96. The van der Waals surface area contributed by atoms with Gasteiger partial charge in [-0.2, -0.15) is 0 Å². The average molecular weight is 368 g/mol. The van der Waals surface area contributed by atoms with Gasteiger partial charge in [-0.15, -0.1) is 0 Å². The first-order valence-corrected chi connectivity index (χ1v) is 9.43. The molecule has 4 rings (SSSR count). The summed E-state index contributed by atoms with van der Waals surface area (Å²) in [7, 11) is -3.75.